The van der Waals surface area contributed by atoms with Crippen LogP contribution in [0.15, 0.2) is 285 Å². The number of rotatable bonds is 29. The van der Waals surface area contributed by atoms with Gasteiger partial charge in [-0.1, -0.05) is 78.9 Å². The molecule has 0 radical (unpaired) electrons. The first-order valence-electron chi connectivity index (χ1n) is 33.1. The number of halogens is 6. The lowest BCUT2D eigenvalue weighted by Gasteiger charge is -2.32. The Morgan fingerprint density at radius 1 is 0.340 bits per heavy atom. The summed E-state index contributed by atoms with van der Waals surface area (Å²) in [7, 11) is 1.98. The number of hydrogen-bond donors (Lipinski definition) is 0. The smallest absolute Gasteiger partial charge is 0.178 e. The first kappa shape index (κ1) is 67.6. The number of fused-ring (bicyclic) bond motifs is 2. The standard InChI is InChI=1S/C83H66F6N8O6/c1-94(65-11-5-2-6-12-65)66-33-17-57(18-34-66)76-78-80(92-95(90-78)49-82(51-98-70-37-21-59(84)22-38-70,52-99-71-39-23-60(85)24-40-71)53-100-72-41-25-61(86)26-42-72)77(58-19-35-69(36-20-58)97(67-13-7-3-8-14-67)68-15-9-4-10-16-68)81-79(76)91-96(93-81)50-83(54-101-73-43-27-62(87)28-44-73,55-102-74-45-29-63(88)30-46-74)56-103-75-47-31-64(89)32-48-75/h2-48H,49-56H2,1H3. The van der Waals surface area contributed by atoms with Crippen LogP contribution in [0.3, 0.4) is 0 Å². The molecule has 103 heavy (non-hydrogen) atoms. The minimum absolute atomic E-state index is 0.0865. The van der Waals surface area contributed by atoms with Gasteiger partial charge in [0.1, 0.15) is 125 Å². The molecule has 2 heterocycles. The van der Waals surface area contributed by atoms with Crippen molar-refractivity contribution in [3.63, 3.8) is 0 Å². The van der Waals surface area contributed by atoms with Crippen LogP contribution < -0.4 is 48.1 Å². The van der Waals surface area contributed by atoms with E-state index in [2.05, 4.69) is 9.80 Å². The number of benzene rings is 12. The van der Waals surface area contributed by atoms with E-state index in [0.29, 0.717) is 78.8 Å². The molecule has 0 aliphatic carbocycles. The van der Waals surface area contributed by atoms with Crippen LogP contribution in [0.1, 0.15) is 0 Å². The molecule has 0 spiro atoms. The Morgan fingerprint density at radius 2 is 0.631 bits per heavy atom. The van der Waals surface area contributed by atoms with Gasteiger partial charge in [0, 0.05) is 57.6 Å². The highest BCUT2D eigenvalue weighted by Gasteiger charge is 2.41. The Labute approximate surface area is 589 Å². The van der Waals surface area contributed by atoms with Gasteiger partial charge in [-0.05, 0) is 217 Å². The predicted octanol–water partition coefficient (Wildman–Crippen LogP) is 18.1. The Morgan fingerprint density at radius 3 is 0.990 bits per heavy atom. The Bertz CT molecular complexity index is 4610. The summed E-state index contributed by atoms with van der Waals surface area (Å²) in [4.78, 5) is 7.32. The van der Waals surface area contributed by atoms with Crippen molar-refractivity contribution in [3.8, 4) is 56.8 Å². The molecule has 20 heteroatoms. The summed E-state index contributed by atoms with van der Waals surface area (Å²) in [6.45, 7) is -1.04. The second-order valence-corrected chi connectivity index (χ2v) is 25.1. The average molecular weight is 1390 g/mol. The minimum Gasteiger partial charge on any atom is -0.493 e. The van der Waals surface area contributed by atoms with E-state index in [-0.39, 0.29) is 52.7 Å². The van der Waals surface area contributed by atoms with E-state index >= 15 is 0 Å². The van der Waals surface area contributed by atoms with Gasteiger partial charge < -0.3 is 38.2 Å². The van der Waals surface area contributed by atoms with E-state index in [1.807, 2.05) is 147 Å². The average Bonchev–Trinajstić information content (AvgIpc) is 1.57. The van der Waals surface area contributed by atoms with Crippen molar-refractivity contribution in [1.82, 2.24) is 25.2 Å². The fourth-order valence-corrected chi connectivity index (χ4v) is 12.0. The largest absolute Gasteiger partial charge is 0.493 e. The lowest BCUT2D eigenvalue weighted by Crippen LogP contribution is -2.55. The maximum absolute atomic E-state index is 14.5. The molecule has 0 saturated heterocycles. The van der Waals surface area contributed by atoms with Crippen LogP contribution in [-0.2, 0) is 13.1 Å². The van der Waals surface area contributed by atoms with Gasteiger partial charge in [0.25, 0.3) is 0 Å². The minimum atomic E-state index is -1.27. The molecular formula is C83H66F6N8O6. The van der Waals surface area contributed by atoms with Crippen LogP contribution in [-0.4, -0.2) is 66.8 Å². The van der Waals surface area contributed by atoms with Crippen molar-refractivity contribution in [2.24, 2.45) is 10.8 Å². The van der Waals surface area contributed by atoms with Crippen molar-refractivity contribution in [2.75, 3.05) is 56.5 Å². The van der Waals surface area contributed by atoms with Gasteiger partial charge in [-0.2, -0.15) is 30.0 Å². The van der Waals surface area contributed by atoms with E-state index in [0.717, 1.165) is 28.4 Å². The quantitative estimate of drug-likeness (QED) is 0.0327. The van der Waals surface area contributed by atoms with E-state index < -0.39 is 45.7 Å². The van der Waals surface area contributed by atoms with Crippen molar-refractivity contribution in [1.29, 1.82) is 0 Å². The van der Waals surface area contributed by atoms with Crippen LogP contribution in [0.2, 0.25) is 0 Å². The molecule has 14 rings (SSSR count). The molecule has 0 atom stereocenters. The van der Waals surface area contributed by atoms with Crippen LogP contribution in [0.5, 0.6) is 34.5 Å². The molecule has 0 aliphatic rings. The monoisotopic (exact) mass is 1380 g/mol. The molecule has 14 nitrogen and oxygen atoms in total. The third-order valence-corrected chi connectivity index (χ3v) is 17.5. The summed E-state index contributed by atoms with van der Waals surface area (Å²) in [6, 6.07) is 79.4. The molecule has 0 fully saturated rings. The SMILES string of the molecule is CN(c1ccccc1)c1ccc(-c2c3nn(CC(COc4ccc(F)cc4)(COc4ccc(F)cc4)COc4ccc(F)cc4)nc3c(-c3ccc(N(c4ccccc4)c4ccccc4)cc3)c3n[n+](CC(COc4ccc(F)cc4)(COc4ccc(F)cc4)COc4ccc(F)cc4)[n-]c23)cc1. The Hall–Kier alpha value is -12.6. The Kier molecular flexibility index (Phi) is 20.0. The van der Waals surface area contributed by atoms with E-state index in [1.54, 1.807) is 9.59 Å². The van der Waals surface area contributed by atoms with Crippen molar-refractivity contribution in [3.05, 3.63) is 320 Å². The van der Waals surface area contributed by atoms with Crippen molar-refractivity contribution < 1.29 is 59.6 Å². The lowest BCUT2D eigenvalue weighted by atomic mass is 9.91. The summed E-state index contributed by atoms with van der Waals surface area (Å²) < 4.78 is 126. The second kappa shape index (κ2) is 30.5. The number of anilines is 5. The molecule has 0 bridgehead atoms. The highest BCUT2D eigenvalue weighted by atomic mass is 19.1. The summed E-state index contributed by atoms with van der Waals surface area (Å²) >= 11 is 0. The number of hydrogen-bond acceptors (Lipinski definition) is 11. The fraction of sp³-hybridized carbons (Fsp3) is 0.133. The van der Waals surface area contributed by atoms with Crippen LogP contribution in [0.4, 0.5) is 54.8 Å². The fourth-order valence-electron chi connectivity index (χ4n) is 12.0. The molecule has 12 aromatic carbocycles. The van der Waals surface area contributed by atoms with Gasteiger partial charge in [-0.25, -0.2) is 26.3 Å². The van der Waals surface area contributed by atoms with Crippen molar-refractivity contribution >= 4 is 50.5 Å². The summed E-state index contributed by atoms with van der Waals surface area (Å²) in [5, 5.41) is 22.0. The van der Waals surface area contributed by atoms with Crippen LogP contribution >= 0.6 is 0 Å². The van der Waals surface area contributed by atoms with Gasteiger partial charge in [0.2, 0.25) is 0 Å². The van der Waals surface area contributed by atoms with Crippen LogP contribution in [0, 0.1) is 45.7 Å². The van der Waals surface area contributed by atoms with Gasteiger partial charge in [-0.3, -0.25) is 0 Å². The van der Waals surface area contributed by atoms with E-state index in [4.69, 9.17) is 48.8 Å². The third kappa shape index (κ3) is 16.2. The van der Waals surface area contributed by atoms with E-state index in [9.17, 15) is 26.3 Å². The highest BCUT2D eigenvalue weighted by Crippen LogP contribution is 2.44. The van der Waals surface area contributed by atoms with Gasteiger partial charge in [0.05, 0.1) is 12.0 Å². The van der Waals surface area contributed by atoms with Gasteiger partial charge in [-0.15, -0.1) is 0 Å². The lowest BCUT2D eigenvalue weighted by molar-refractivity contribution is -0.814. The normalized spacial score (nSPS) is 11.6. The number of ether oxygens (including phenoxy) is 6. The molecule has 0 N–H and O–H groups in total. The maximum atomic E-state index is 14.5. The molecule has 0 saturated carbocycles. The molecule has 14 aromatic rings. The number of para-hydroxylation sites is 3. The zero-order valence-corrected chi connectivity index (χ0v) is 55.6. The van der Waals surface area contributed by atoms with Crippen LogP contribution in [0.25, 0.3) is 44.3 Å². The zero-order chi connectivity index (χ0) is 70.7. The Balaban J connectivity index is 0.981. The highest BCUT2D eigenvalue weighted by molar-refractivity contribution is 6.16. The maximum Gasteiger partial charge on any atom is 0.178 e. The van der Waals surface area contributed by atoms with Gasteiger partial charge >= 0.3 is 0 Å². The second-order valence-electron chi connectivity index (χ2n) is 25.1. The van der Waals surface area contributed by atoms with E-state index in [1.165, 1.54) is 146 Å². The summed E-state index contributed by atoms with van der Waals surface area (Å²) in [5.74, 6) is -0.810. The summed E-state index contributed by atoms with van der Waals surface area (Å²) in [5.41, 5.74) is 5.95. The number of aromatic nitrogens is 6. The molecule has 0 unspecified atom stereocenters. The first-order chi connectivity index (χ1) is 50.2. The molecular weight excluding hydrogens is 1320 g/mol. The molecule has 0 aliphatic heterocycles. The molecule has 0 amide bonds. The number of nitrogens with zero attached hydrogens (tertiary/aromatic N) is 8. The third-order valence-electron chi connectivity index (χ3n) is 17.5. The predicted molar refractivity (Wildman–Crippen MR) is 383 cm³/mol. The van der Waals surface area contributed by atoms with Crippen molar-refractivity contribution in [2.45, 2.75) is 13.1 Å². The molecule has 2 aromatic heterocycles. The summed E-state index contributed by atoms with van der Waals surface area (Å²) in [6.07, 6.45) is 0. The zero-order valence-electron chi connectivity index (χ0n) is 55.6. The first-order valence-corrected chi connectivity index (χ1v) is 33.1. The molecule has 516 valence electrons. The topological polar surface area (TPSA) is 123 Å². The van der Waals surface area contributed by atoms with Gasteiger partial charge in [0.15, 0.2) is 6.54 Å².